The molecule has 1 heterocycles. The summed E-state index contributed by atoms with van der Waals surface area (Å²) in [6, 6.07) is 9.95. The van der Waals surface area contributed by atoms with Crippen molar-refractivity contribution in [3.05, 3.63) is 53.3 Å². The first-order chi connectivity index (χ1) is 9.01. The predicted octanol–water partition coefficient (Wildman–Crippen LogP) is 3.10. The van der Waals surface area contributed by atoms with Crippen LogP contribution in [0.3, 0.4) is 0 Å². The number of aromatic nitrogens is 1. The first-order valence-corrected chi connectivity index (χ1v) is 7.60. The fraction of sp³-hybridized carbons (Fsp3) is 0.154. The predicted molar refractivity (Wildman–Crippen MR) is 75.9 cm³/mol. The number of nitrogens with one attached hydrogen (secondary N) is 1. The summed E-state index contributed by atoms with van der Waals surface area (Å²) >= 11 is 5.69. The lowest BCUT2D eigenvalue weighted by molar-refractivity contribution is 0.601. The van der Waals surface area contributed by atoms with E-state index >= 15 is 0 Å². The van der Waals surface area contributed by atoms with Crippen LogP contribution in [-0.2, 0) is 16.4 Å². The van der Waals surface area contributed by atoms with E-state index in [1.165, 1.54) is 18.3 Å². The molecule has 4 nitrogen and oxygen atoms in total. The van der Waals surface area contributed by atoms with Gasteiger partial charge in [0.15, 0.2) is 0 Å². The largest absolute Gasteiger partial charge is 0.280 e. The summed E-state index contributed by atoms with van der Waals surface area (Å²) in [4.78, 5) is 3.85. The topological polar surface area (TPSA) is 59.1 Å². The van der Waals surface area contributed by atoms with Gasteiger partial charge in [0.1, 0.15) is 5.15 Å². The Morgan fingerprint density at radius 1 is 1.21 bits per heavy atom. The van der Waals surface area contributed by atoms with Gasteiger partial charge in [0.2, 0.25) is 0 Å². The Kier molecular flexibility index (Phi) is 4.07. The molecule has 0 bridgehead atoms. The van der Waals surface area contributed by atoms with Crippen LogP contribution in [-0.4, -0.2) is 13.4 Å². The van der Waals surface area contributed by atoms with Crippen molar-refractivity contribution in [1.82, 2.24) is 4.98 Å². The maximum Gasteiger partial charge on any atom is 0.262 e. The number of nitrogens with zero attached hydrogens (tertiary/aromatic N) is 1. The minimum atomic E-state index is -3.63. The Balaban J connectivity index is 2.25. The number of aryl methyl sites for hydroxylation is 1. The van der Waals surface area contributed by atoms with Gasteiger partial charge in [-0.15, -0.1) is 0 Å². The van der Waals surface area contributed by atoms with Crippen molar-refractivity contribution in [2.24, 2.45) is 0 Å². The lowest BCUT2D eigenvalue weighted by Gasteiger charge is -2.08. The number of sulfonamides is 1. The molecule has 2 rings (SSSR count). The van der Waals surface area contributed by atoms with Gasteiger partial charge in [-0.2, -0.15) is 0 Å². The van der Waals surface area contributed by atoms with E-state index in [4.69, 9.17) is 11.6 Å². The zero-order valence-electron chi connectivity index (χ0n) is 10.3. The number of hydrogen-bond donors (Lipinski definition) is 1. The van der Waals surface area contributed by atoms with Crippen molar-refractivity contribution < 1.29 is 8.42 Å². The number of halogens is 1. The summed E-state index contributed by atoms with van der Waals surface area (Å²) in [6.45, 7) is 2.04. The van der Waals surface area contributed by atoms with E-state index in [-0.39, 0.29) is 10.0 Å². The van der Waals surface area contributed by atoms with Gasteiger partial charge in [-0.3, -0.25) is 4.72 Å². The number of pyridine rings is 1. The van der Waals surface area contributed by atoms with Crippen LogP contribution in [0, 0.1) is 0 Å². The molecule has 0 saturated heterocycles. The van der Waals surface area contributed by atoms with Crippen molar-refractivity contribution in [3.63, 3.8) is 0 Å². The Labute approximate surface area is 117 Å². The fourth-order valence-corrected chi connectivity index (χ4v) is 2.88. The average molecular weight is 297 g/mol. The summed E-state index contributed by atoms with van der Waals surface area (Å²) in [5, 5.41) is 0.143. The van der Waals surface area contributed by atoms with Crippen LogP contribution in [0.15, 0.2) is 47.5 Å². The molecule has 1 aromatic carbocycles. The minimum absolute atomic E-state index is 0.0899. The van der Waals surface area contributed by atoms with Crippen molar-refractivity contribution in [3.8, 4) is 0 Å². The van der Waals surface area contributed by atoms with Crippen LogP contribution in [0.5, 0.6) is 0 Å². The van der Waals surface area contributed by atoms with E-state index in [0.717, 1.165) is 12.0 Å². The lowest BCUT2D eigenvalue weighted by Crippen LogP contribution is -2.13. The van der Waals surface area contributed by atoms with E-state index in [0.29, 0.717) is 5.69 Å². The van der Waals surface area contributed by atoms with E-state index < -0.39 is 10.0 Å². The highest BCUT2D eigenvalue weighted by molar-refractivity contribution is 7.92. The summed E-state index contributed by atoms with van der Waals surface area (Å²) in [5.74, 6) is 0. The van der Waals surface area contributed by atoms with Crippen LogP contribution in [0.4, 0.5) is 5.69 Å². The van der Waals surface area contributed by atoms with Gasteiger partial charge in [-0.05, 0) is 36.2 Å². The van der Waals surface area contributed by atoms with Crippen LogP contribution in [0.1, 0.15) is 12.5 Å². The highest BCUT2D eigenvalue weighted by Gasteiger charge is 2.14. The fourth-order valence-electron chi connectivity index (χ4n) is 1.57. The number of hydrogen-bond acceptors (Lipinski definition) is 3. The molecule has 0 aliphatic heterocycles. The van der Waals surface area contributed by atoms with Crippen molar-refractivity contribution in [2.75, 3.05) is 4.72 Å². The second-order valence-electron chi connectivity index (χ2n) is 3.97. The number of rotatable bonds is 4. The maximum absolute atomic E-state index is 12.1. The Morgan fingerprint density at radius 3 is 2.47 bits per heavy atom. The molecular formula is C13H13ClN2O2S. The van der Waals surface area contributed by atoms with Gasteiger partial charge < -0.3 is 0 Å². The minimum Gasteiger partial charge on any atom is -0.280 e. The quantitative estimate of drug-likeness (QED) is 0.882. The van der Waals surface area contributed by atoms with Crippen LogP contribution in [0.2, 0.25) is 5.15 Å². The lowest BCUT2D eigenvalue weighted by atomic mass is 10.2. The van der Waals surface area contributed by atoms with Gasteiger partial charge in [0, 0.05) is 11.9 Å². The van der Waals surface area contributed by atoms with Gasteiger partial charge in [0.25, 0.3) is 10.0 Å². The molecular weight excluding hydrogens is 284 g/mol. The highest BCUT2D eigenvalue weighted by atomic mass is 35.5. The standard InChI is InChI=1S/C13H13ClN2O2S/c1-2-10-3-5-11(6-4-10)16-19(17,18)12-7-8-15-13(14)9-12/h3-9,16H,2H2,1H3. The van der Waals surface area contributed by atoms with Crippen LogP contribution in [0.25, 0.3) is 0 Å². The molecule has 0 atom stereocenters. The van der Waals surface area contributed by atoms with E-state index in [9.17, 15) is 8.42 Å². The van der Waals surface area contributed by atoms with Gasteiger partial charge >= 0.3 is 0 Å². The molecule has 19 heavy (non-hydrogen) atoms. The van der Waals surface area contributed by atoms with Crippen molar-refractivity contribution in [1.29, 1.82) is 0 Å². The summed E-state index contributed by atoms with van der Waals surface area (Å²) in [6.07, 6.45) is 2.27. The molecule has 100 valence electrons. The Morgan fingerprint density at radius 2 is 1.89 bits per heavy atom. The summed E-state index contributed by atoms with van der Waals surface area (Å²) in [5.41, 5.74) is 1.67. The zero-order chi connectivity index (χ0) is 13.9. The first kappa shape index (κ1) is 13.8. The smallest absolute Gasteiger partial charge is 0.262 e. The molecule has 0 unspecified atom stereocenters. The molecule has 1 N–H and O–H groups in total. The Hall–Kier alpha value is -1.59. The summed E-state index contributed by atoms with van der Waals surface area (Å²) in [7, 11) is -3.63. The van der Waals surface area contributed by atoms with Crippen LogP contribution < -0.4 is 4.72 Å². The van der Waals surface area contributed by atoms with Gasteiger partial charge in [-0.25, -0.2) is 13.4 Å². The summed E-state index contributed by atoms with van der Waals surface area (Å²) < 4.78 is 26.7. The third kappa shape index (κ3) is 3.45. The highest BCUT2D eigenvalue weighted by Crippen LogP contribution is 2.18. The average Bonchev–Trinajstić information content (AvgIpc) is 2.39. The third-order valence-electron chi connectivity index (χ3n) is 2.62. The molecule has 0 aliphatic rings. The SMILES string of the molecule is CCc1ccc(NS(=O)(=O)c2ccnc(Cl)c2)cc1. The second-order valence-corrected chi connectivity index (χ2v) is 6.04. The number of benzene rings is 1. The molecule has 0 radical (unpaired) electrons. The molecule has 1 aromatic heterocycles. The maximum atomic E-state index is 12.1. The Bertz CT molecular complexity index is 669. The second kappa shape index (κ2) is 5.59. The van der Waals surface area contributed by atoms with Crippen molar-refractivity contribution in [2.45, 2.75) is 18.2 Å². The normalized spacial score (nSPS) is 11.3. The van der Waals surface area contributed by atoms with E-state index in [1.54, 1.807) is 12.1 Å². The third-order valence-corrected chi connectivity index (χ3v) is 4.21. The number of anilines is 1. The van der Waals surface area contributed by atoms with E-state index in [1.807, 2.05) is 19.1 Å². The molecule has 0 saturated carbocycles. The molecule has 0 fully saturated rings. The molecule has 0 aliphatic carbocycles. The van der Waals surface area contributed by atoms with Crippen LogP contribution >= 0.6 is 11.6 Å². The monoisotopic (exact) mass is 296 g/mol. The zero-order valence-corrected chi connectivity index (χ0v) is 11.9. The van der Waals surface area contributed by atoms with Gasteiger partial charge in [0.05, 0.1) is 4.90 Å². The van der Waals surface area contributed by atoms with Gasteiger partial charge in [-0.1, -0.05) is 30.7 Å². The molecule has 2 aromatic rings. The first-order valence-electron chi connectivity index (χ1n) is 5.74. The van der Waals surface area contributed by atoms with E-state index in [2.05, 4.69) is 9.71 Å². The molecule has 0 amide bonds. The van der Waals surface area contributed by atoms with Crippen molar-refractivity contribution >= 4 is 27.3 Å². The molecule has 6 heteroatoms. The molecule has 0 spiro atoms.